The second kappa shape index (κ2) is 5.92. The van der Waals surface area contributed by atoms with Crippen LogP contribution < -0.4 is 11.5 Å². The Kier molecular flexibility index (Phi) is 0.809. The van der Waals surface area contributed by atoms with Gasteiger partial charge in [-0.2, -0.15) is 0 Å². The average molecular weight is 112 g/mol. The zero-order valence-corrected chi connectivity index (χ0v) is 3.65. The lowest BCUT2D eigenvalue weighted by molar-refractivity contribution is 0.695. The van der Waals surface area contributed by atoms with Crippen LogP contribution >= 0.6 is 0 Å². The summed E-state index contributed by atoms with van der Waals surface area (Å²) in [4.78, 5) is 0. The predicted octanol–water partition coefficient (Wildman–Crippen LogP) is 0.0741. The van der Waals surface area contributed by atoms with Gasteiger partial charge in [-0.1, -0.05) is 6.37 Å². The molecule has 0 aromatic heterocycles. The Bertz CT molecular complexity index is 258. The Morgan fingerprint density at radius 2 is 1.43 bits per heavy atom. The summed E-state index contributed by atoms with van der Waals surface area (Å²) in [5.74, 6) is 0. The molecule has 0 aliphatic heterocycles. The molecule has 0 aromatic carbocycles. The van der Waals surface area contributed by atoms with E-state index in [9.17, 15) is 0 Å². The van der Waals surface area contributed by atoms with Crippen LogP contribution in [0.3, 0.4) is 0 Å². The van der Waals surface area contributed by atoms with Crippen molar-refractivity contribution in [3.05, 3.63) is 0 Å². The van der Waals surface area contributed by atoms with Crippen molar-refractivity contribution >= 4 is 0 Å². The second-order valence-electron chi connectivity index (χ2n) is 0.664. The van der Waals surface area contributed by atoms with Gasteiger partial charge in [0.25, 0.3) is 0 Å². The molecular formula is C5H14N2. The largest absolute Gasteiger partial charge is 0.330 e. The Morgan fingerprint density at radius 3 is 1.71 bits per heavy atom. The minimum atomic E-state index is -3.57. The number of hydrogen-bond donors (Lipinski definition) is 2. The highest BCUT2D eigenvalue weighted by Crippen LogP contribution is 1.88. The molecule has 0 bridgehead atoms. The van der Waals surface area contributed by atoms with Crippen molar-refractivity contribution in [3.63, 3.8) is 0 Å². The molecule has 0 atom stereocenters. The van der Waals surface area contributed by atoms with Crippen molar-refractivity contribution in [2.45, 2.75) is 19.1 Å². The van der Waals surface area contributed by atoms with Crippen molar-refractivity contribution in [2.24, 2.45) is 11.5 Å². The van der Waals surface area contributed by atoms with E-state index in [1.807, 2.05) is 0 Å². The Balaban J connectivity index is 5.73. The third-order valence-corrected chi connectivity index (χ3v) is 0.269. The minimum absolute atomic E-state index is 3.20. The zero-order valence-electron chi connectivity index (χ0n) is 13.7. The third-order valence-electron chi connectivity index (χ3n) is 0.269. The van der Waals surface area contributed by atoms with Crippen LogP contribution in [-0.4, -0.2) is 13.0 Å². The van der Waals surface area contributed by atoms with Crippen molar-refractivity contribution in [3.8, 4) is 0 Å². The molecule has 0 aliphatic carbocycles. The van der Waals surface area contributed by atoms with E-state index in [2.05, 4.69) is 0 Å². The Morgan fingerprint density at radius 1 is 1.00 bits per heavy atom. The van der Waals surface area contributed by atoms with Gasteiger partial charge in [0.15, 0.2) is 0 Å². The van der Waals surface area contributed by atoms with Gasteiger partial charge in [0.1, 0.15) is 0 Å². The number of nitrogens with two attached hydrogens (primary N) is 2. The standard InChI is InChI=1S/C5H14N2/c6-4-2-1-3-5-7/h1-7H2/i1D2,2D2,3D2,4D2,5D2. The van der Waals surface area contributed by atoms with E-state index in [0.29, 0.717) is 0 Å². The van der Waals surface area contributed by atoms with Crippen molar-refractivity contribution < 1.29 is 13.7 Å². The van der Waals surface area contributed by atoms with Crippen molar-refractivity contribution in [2.75, 3.05) is 13.0 Å². The van der Waals surface area contributed by atoms with Crippen molar-refractivity contribution in [1.82, 2.24) is 0 Å². The summed E-state index contributed by atoms with van der Waals surface area (Å²) in [5.41, 5.74) is 9.66. The van der Waals surface area contributed by atoms with E-state index in [4.69, 9.17) is 25.2 Å². The average Bonchev–Trinajstić information content (AvgIpc) is 1.98. The van der Waals surface area contributed by atoms with Gasteiger partial charge >= 0.3 is 0 Å². The van der Waals surface area contributed by atoms with Crippen LogP contribution in [0, 0.1) is 0 Å². The zero-order chi connectivity index (χ0) is 14.5. The normalized spacial score (nSPS) is 40.9. The number of rotatable bonds is 4. The minimum Gasteiger partial charge on any atom is -0.330 e. The quantitative estimate of drug-likeness (QED) is 0.541. The fourth-order valence-corrected chi connectivity index (χ4v) is 0.103. The lowest BCUT2D eigenvalue weighted by Crippen LogP contribution is -2.02. The van der Waals surface area contributed by atoms with E-state index < -0.39 is 32.1 Å². The molecule has 0 unspecified atom stereocenters. The molecule has 0 rings (SSSR count). The molecule has 0 spiro atoms. The van der Waals surface area contributed by atoms with Crippen LogP contribution in [0.15, 0.2) is 0 Å². The summed E-state index contributed by atoms with van der Waals surface area (Å²) >= 11 is 0. The van der Waals surface area contributed by atoms with E-state index in [1.165, 1.54) is 0 Å². The molecule has 0 amide bonds. The van der Waals surface area contributed by atoms with Crippen LogP contribution in [0.1, 0.15) is 32.8 Å². The molecule has 0 fully saturated rings. The predicted molar refractivity (Wildman–Crippen MR) is 32.0 cm³/mol. The topological polar surface area (TPSA) is 52.0 Å². The lowest BCUT2D eigenvalue weighted by atomic mass is 10.2. The summed E-state index contributed by atoms with van der Waals surface area (Å²) in [6.07, 6.45) is -10.5. The van der Waals surface area contributed by atoms with E-state index in [0.717, 1.165) is 0 Å². The van der Waals surface area contributed by atoms with Gasteiger partial charge in [-0.05, 0) is 25.7 Å². The fraction of sp³-hybridized carbons (Fsp3) is 1.00. The van der Waals surface area contributed by atoms with Crippen molar-refractivity contribution in [1.29, 1.82) is 0 Å². The molecular weight excluding hydrogens is 88.1 g/mol. The molecule has 2 heteroatoms. The number of hydrogen-bond acceptors (Lipinski definition) is 2. The summed E-state index contributed by atoms with van der Waals surface area (Å²) in [6.45, 7) is -6.40. The van der Waals surface area contributed by atoms with E-state index in [-0.39, 0.29) is 0 Å². The molecule has 0 aromatic rings. The smallest absolute Gasteiger partial charge is 0.0425 e. The molecule has 0 heterocycles. The SMILES string of the molecule is [2H]C([2H])(N)C([2H])([2H])C([2H])([2H])C([2H])([2H])C([2H])([2H])N. The molecule has 0 radical (unpaired) electrons. The molecule has 0 aliphatic rings. The fourth-order valence-electron chi connectivity index (χ4n) is 0.103. The maximum Gasteiger partial charge on any atom is 0.0425 e. The van der Waals surface area contributed by atoms with Gasteiger partial charge in [-0.15, -0.1) is 0 Å². The van der Waals surface area contributed by atoms with Gasteiger partial charge in [-0.25, -0.2) is 0 Å². The first kappa shape index (κ1) is 0.957. The second-order valence-corrected chi connectivity index (χ2v) is 0.664. The summed E-state index contributed by atoms with van der Waals surface area (Å²) < 4.78 is 71.5. The summed E-state index contributed by atoms with van der Waals surface area (Å²) in [5, 5.41) is 0. The van der Waals surface area contributed by atoms with Gasteiger partial charge in [0.2, 0.25) is 0 Å². The van der Waals surface area contributed by atoms with Gasteiger partial charge in [0, 0.05) is 13.7 Å². The van der Waals surface area contributed by atoms with Crippen LogP contribution in [0.2, 0.25) is 0 Å². The molecule has 2 nitrogen and oxygen atoms in total. The Hall–Kier alpha value is -0.0800. The first-order valence-corrected chi connectivity index (χ1v) is 1.58. The summed E-state index contributed by atoms with van der Waals surface area (Å²) in [7, 11) is 0. The molecule has 0 saturated heterocycles. The van der Waals surface area contributed by atoms with Gasteiger partial charge in [0.05, 0.1) is 0 Å². The molecule has 4 N–H and O–H groups in total. The third kappa shape index (κ3) is 5.92. The molecule has 0 saturated carbocycles. The highest BCUT2D eigenvalue weighted by molar-refractivity contribution is 4.41. The maximum absolute atomic E-state index is 7.32. The molecule has 44 valence electrons. The van der Waals surface area contributed by atoms with Crippen LogP contribution in [0.5, 0.6) is 0 Å². The first-order chi connectivity index (χ1) is 7.00. The van der Waals surface area contributed by atoms with Gasteiger partial charge < -0.3 is 11.5 Å². The van der Waals surface area contributed by atoms with Gasteiger partial charge in [-0.3, -0.25) is 0 Å². The van der Waals surface area contributed by atoms with Crippen LogP contribution in [0.4, 0.5) is 0 Å². The van der Waals surface area contributed by atoms with E-state index >= 15 is 0 Å². The van der Waals surface area contributed by atoms with E-state index in [1.54, 1.807) is 0 Å². The van der Waals surface area contributed by atoms with Crippen LogP contribution in [-0.2, 0) is 0 Å². The maximum atomic E-state index is 7.32. The highest BCUT2D eigenvalue weighted by Gasteiger charge is 1.80. The molecule has 7 heavy (non-hydrogen) atoms. The Labute approximate surface area is 58.9 Å². The van der Waals surface area contributed by atoms with Crippen LogP contribution in [0.25, 0.3) is 0 Å². The highest BCUT2D eigenvalue weighted by atomic mass is 14.5. The lowest BCUT2D eigenvalue weighted by Gasteiger charge is -1.91. The summed E-state index contributed by atoms with van der Waals surface area (Å²) in [6, 6.07) is 0. The first-order valence-electron chi connectivity index (χ1n) is 6.58. The monoisotopic (exact) mass is 112 g/mol.